The van der Waals surface area contributed by atoms with Gasteiger partial charge in [-0.05, 0) is 86.0 Å². The maximum atomic E-state index is 15.1. The number of halogens is 1. The molecule has 2 bridgehead atoms. The molecule has 1 heterocycles. The second-order valence-corrected chi connectivity index (χ2v) is 10.4. The number of fused-ring (bicyclic) bond motifs is 1. The van der Waals surface area contributed by atoms with Crippen molar-refractivity contribution in [1.82, 2.24) is 9.88 Å². The Balaban J connectivity index is 1.07. The van der Waals surface area contributed by atoms with Crippen molar-refractivity contribution in [2.75, 3.05) is 0 Å². The summed E-state index contributed by atoms with van der Waals surface area (Å²) >= 11 is 0. The van der Waals surface area contributed by atoms with Crippen LogP contribution < -0.4 is 5.32 Å². The second-order valence-electron chi connectivity index (χ2n) is 10.4. The lowest BCUT2D eigenvalue weighted by Gasteiger charge is -2.72. The van der Waals surface area contributed by atoms with Gasteiger partial charge in [-0.25, -0.2) is 4.39 Å². The van der Waals surface area contributed by atoms with Crippen molar-refractivity contribution in [2.24, 2.45) is 22.7 Å². The van der Waals surface area contributed by atoms with Crippen molar-refractivity contribution >= 4 is 5.91 Å². The molecule has 1 aromatic heterocycles. The lowest BCUT2D eigenvalue weighted by molar-refractivity contribution is -0.221. The van der Waals surface area contributed by atoms with Crippen LogP contribution in [0.25, 0.3) is 5.69 Å². The van der Waals surface area contributed by atoms with E-state index in [1.54, 1.807) is 6.08 Å². The first kappa shape index (κ1) is 19.1. The van der Waals surface area contributed by atoms with Crippen molar-refractivity contribution in [3.63, 3.8) is 0 Å². The molecule has 4 heteroatoms. The van der Waals surface area contributed by atoms with Gasteiger partial charge in [0.15, 0.2) is 0 Å². The van der Waals surface area contributed by atoms with Crippen LogP contribution in [-0.4, -0.2) is 16.1 Å². The summed E-state index contributed by atoms with van der Waals surface area (Å²) in [5.41, 5.74) is 2.74. The van der Waals surface area contributed by atoms with Crippen LogP contribution in [0, 0.1) is 29.6 Å². The molecular formula is C27H29FN2O. The van der Waals surface area contributed by atoms with Gasteiger partial charge in [0, 0.05) is 23.7 Å². The summed E-state index contributed by atoms with van der Waals surface area (Å²) in [5.74, 6) is 1.24. The van der Waals surface area contributed by atoms with Gasteiger partial charge in [-0.1, -0.05) is 35.9 Å². The lowest BCUT2D eigenvalue weighted by Crippen LogP contribution is -2.66. The SMILES string of the molecule is Cc1ccc(-n2cccc2CNC(=O)/C=C/C=C/C23CC4CC5CC(F)(C2)CC543)cc1. The fourth-order valence-electron chi connectivity index (χ4n) is 7.64. The average Bonchev–Trinajstić information content (AvgIpc) is 3.37. The van der Waals surface area contributed by atoms with Crippen LogP contribution in [0.15, 0.2) is 66.9 Å². The van der Waals surface area contributed by atoms with E-state index in [9.17, 15) is 4.79 Å². The third-order valence-corrected chi connectivity index (χ3v) is 8.78. The summed E-state index contributed by atoms with van der Waals surface area (Å²) in [7, 11) is 0. The number of hydrogen-bond acceptors (Lipinski definition) is 1. The van der Waals surface area contributed by atoms with Crippen LogP contribution in [0.1, 0.15) is 43.4 Å². The number of allylic oxidation sites excluding steroid dienone is 3. The van der Waals surface area contributed by atoms with Gasteiger partial charge in [-0.2, -0.15) is 0 Å². The van der Waals surface area contributed by atoms with E-state index >= 15 is 4.39 Å². The first-order chi connectivity index (χ1) is 14.9. The molecule has 1 N–H and O–H groups in total. The van der Waals surface area contributed by atoms with Crippen LogP contribution in [-0.2, 0) is 11.3 Å². The van der Waals surface area contributed by atoms with Gasteiger partial charge in [0.2, 0.25) is 5.91 Å². The molecule has 1 aromatic carbocycles. The van der Waals surface area contributed by atoms with Gasteiger partial charge < -0.3 is 9.88 Å². The fourth-order valence-corrected chi connectivity index (χ4v) is 7.64. The van der Waals surface area contributed by atoms with Gasteiger partial charge in [-0.3, -0.25) is 4.79 Å². The van der Waals surface area contributed by atoms with Crippen LogP contribution in [0.5, 0.6) is 0 Å². The van der Waals surface area contributed by atoms with Crippen molar-refractivity contribution in [3.05, 3.63) is 78.2 Å². The molecule has 0 saturated heterocycles. The summed E-state index contributed by atoms with van der Waals surface area (Å²) in [6.45, 7) is 2.54. The topological polar surface area (TPSA) is 34.0 Å². The lowest BCUT2D eigenvalue weighted by atomic mass is 9.32. The van der Waals surface area contributed by atoms with Gasteiger partial charge in [-0.15, -0.1) is 0 Å². The monoisotopic (exact) mass is 416 g/mol. The van der Waals surface area contributed by atoms with E-state index in [-0.39, 0.29) is 16.7 Å². The van der Waals surface area contributed by atoms with Gasteiger partial charge in [0.1, 0.15) is 5.67 Å². The number of carbonyl (C=O) groups excluding carboxylic acids is 1. The molecule has 1 amide bonds. The predicted octanol–water partition coefficient (Wildman–Crippen LogP) is 5.43. The summed E-state index contributed by atoms with van der Waals surface area (Å²) in [6.07, 6.45) is 14.3. The first-order valence-corrected chi connectivity index (χ1v) is 11.5. The Labute approximate surface area is 183 Å². The average molecular weight is 417 g/mol. The highest BCUT2D eigenvalue weighted by Gasteiger charge is 2.83. The number of hydrogen-bond donors (Lipinski definition) is 1. The fraction of sp³-hybridized carbons (Fsp3) is 0.444. The number of rotatable bonds is 6. The Kier molecular flexibility index (Phi) is 3.97. The van der Waals surface area contributed by atoms with Crippen molar-refractivity contribution in [2.45, 2.75) is 51.2 Å². The van der Waals surface area contributed by atoms with Crippen molar-refractivity contribution < 1.29 is 9.18 Å². The molecule has 4 saturated carbocycles. The molecule has 1 spiro atoms. The van der Waals surface area contributed by atoms with Crippen molar-refractivity contribution in [1.29, 1.82) is 0 Å². The highest BCUT2D eigenvalue weighted by molar-refractivity contribution is 5.87. The predicted molar refractivity (Wildman–Crippen MR) is 119 cm³/mol. The number of carbonyl (C=O) groups is 1. The van der Waals surface area contributed by atoms with E-state index in [2.05, 4.69) is 47.1 Å². The normalized spacial score (nSPS) is 37.1. The Hall–Kier alpha value is -2.62. The number of amides is 1. The highest BCUT2D eigenvalue weighted by atomic mass is 19.1. The van der Waals surface area contributed by atoms with Crippen LogP contribution in [0.2, 0.25) is 0 Å². The minimum Gasteiger partial charge on any atom is -0.347 e. The zero-order valence-electron chi connectivity index (χ0n) is 18.0. The number of nitrogens with zero attached hydrogens (tertiary/aromatic N) is 1. The largest absolute Gasteiger partial charge is 0.347 e. The molecule has 5 unspecified atom stereocenters. The molecule has 6 rings (SSSR count). The molecule has 4 aliphatic carbocycles. The smallest absolute Gasteiger partial charge is 0.244 e. The third-order valence-electron chi connectivity index (χ3n) is 8.78. The minimum absolute atomic E-state index is 0.0588. The second kappa shape index (κ2) is 6.44. The van der Waals surface area contributed by atoms with Crippen molar-refractivity contribution in [3.8, 4) is 5.69 Å². The molecule has 0 aliphatic heterocycles. The molecule has 160 valence electrons. The third kappa shape index (κ3) is 2.66. The Bertz CT molecular complexity index is 1100. The number of benzene rings is 1. The van der Waals surface area contributed by atoms with Crippen LogP contribution in [0.3, 0.4) is 0 Å². The standard InChI is InChI=1S/C27H29FN2O/c1-19-7-9-22(10-8-19)30-12-4-5-23(30)16-29-24(31)6-2-3-11-25-14-20-13-21-15-26(28,17-25)18-27(20,21)25/h2-12,20-21H,13-18H2,1H3,(H,29,31)/b6-2+,11-3+. The highest BCUT2D eigenvalue weighted by Crippen LogP contribution is 2.88. The zero-order chi connectivity index (χ0) is 21.3. The Morgan fingerprint density at radius 1 is 1.16 bits per heavy atom. The van der Waals surface area contributed by atoms with Crippen LogP contribution >= 0.6 is 0 Å². The van der Waals surface area contributed by atoms with E-state index in [1.807, 2.05) is 30.5 Å². The number of nitrogens with one attached hydrogen (secondary N) is 1. The molecule has 4 aliphatic rings. The number of aromatic nitrogens is 1. The Morgan fingerprint density at radius 2 is 1.97 bits per heavy atom. The molecular weight excluding hydrogens is 387 g/mol. The van der Waals surface area contributed by atoms with E-state index in [1.165, 1.54) is 12.0 Å². The van der Waals surface area contributed by atoms with Gasteiger partial charge in [0.05, 0.1) is 6.54 Å². The maximum absolute atomic E-state index is 15.1. The molecule has 3 nitrogen and oxygen atoms in total. The molecule has 31 heavy (non-hydrogen) atoms. The summed E-state index contributed by atoms with van der Waals surface area (Å²) in [4.78, 5) is 12.3. The van der Waals surface area contributed by atoms with E-state index in [4.69, 9.17) is 0 Å². The summed E-state index contributed by atoms with van der Waals surface area (Å²) in [6, 6.07) is 12.3. The van der Waals surface area contributed by atoms with E-state index < -0.39 is 5.67 Å². The number of alkyl halides is 1. The molecule has 2 aromatic rings. The number of aryl methyl sites for hydroxylation is 1. The van der Waals surface area contributed by atoms with E-state index in [0.29, 0.717) is 18.9 Å². The summed E-state index contributed by atoms with van der Waals surface area (Å²) < 4.78 is 17.2. The van der Waals surface area contributed by atoms with Gasteiger partial charge in [0.25, 0.3) is 0 Å². The van der Waals surface area contributed by atoms with E-state index in [0.717, 1.165) is 36.6 Å². The molecule has 5 atom stereocenters. The first-order valence-electron chi connectivity index (χ1n) is 11.5. The molecule has 4 fully saturated rings. The quantitative estimate of drug-likeness (QED) is 0.494. The zero-order valence-corrected chi connectivity index (χ0v) is 18.0. The Morgan fingerprint density at radius 3 is 2.74 bits per heavy atom. The molecule has 0 radical (unpaired) electrons. The summed E-state index contributed by atoms with van der Waals surface area (Å²) in [5, 5.41) is 2.97. The maximum Gasteiger partial charge on any atom is 0.244 e. The van der Waals surface area contributed by atoms with Gasteiger partial charge >= 0.3 is 0 Å². The minimum atomic E-state index is -0.923. The van der Waals surface area contributed by atoms with Crippen LogP contribution in [0.4, 0.5) is 4.39 Å².